The van der Waals surface area contributed by atoms with Crippen molar-refractivity contribution in [2.45, 2.75) is 37.8 Å². The van der Waals surface area contributed by atoms with Crippen LogP contribution in [0.25, 0.3) is 0 Å². The summed E-state index contributed by atoms with van der Waals surface area (Å²) in [7, 11) is 0. The summed E-state index contributed by atoms with van der Waals surface area (Å²) in [6, 6.07) is 8.67. The second-order valence-electron chi connectivity index (χ2n) is 6.06. The highest BCUT2D eigenvalue weighted by molar-refractivity contribution is 5.88. The molecule has 3 N–H and O–H groups in total. The van der Waals surface area contributed by atoms with Crippen LogP contribution >= 0.6 is 24.8 Å². The maximum Gasteiger partial charge on any atom is 0.240 e. The number of halogens is 2. The van der Waals surface area contributed by atoms with E-state index < -0.39 is 5.54 Å². The molecule has 3 rings (SSSR count). The van der Waals surface area contributed by atoms with Crippen LogP contribution in [0.15, 0.2) is 24.3 Å². The molecule has 1 aromatic rings. The fraction of sp³-hybridized carbons (Fsp3) is 0.562. The summed E-state index contributed by atoms with van der Waals surface area (Å²) in [6.45, 7) is 3.92. The average Bonchev–Trinajstić information content (AvgIpc) is 3.22. The summed E-state index contributed by atoms with van der Waals surface area (Å²) in [5.41, 5.74) is 8.24. The number of rotatable bonds is 5. The zero-order valence-corrected chi connectivity index (χ0v) is 14.3. The van der Waals surface area contributed by atoms with Gasteiger partial charge in [0.2, 0.25) is 5.91 Å². The summed E-state index contributed by atoms with van der Waals surface area (Å²) in [4.78, 5) is 14.2. The molecule has 1 fully saturated rings. The minimum absolute atomic E-state index is 0. The van der Waals surface area contributed by atoms with Crippen LogP contribution in [0.4, 0.5) is 0 Å². The molecule has 0 radical (unpaired) electrons. The Balaban J connectivity index is 0.00000121. The molecular weight excluding hydrogens is 321 g/mol. The van der Waals surface area contributed by atoms with E-state index in [2.05, 4.69) is 34.5 Å². The molecule has 124 valence electrons. The second-order valence-corrected chi connectivity index (χ2v) is 6.06. The van der Waals surface area contributed by atoms with Crippen molar-refractivity contribution in [2.75, 3.05) is 19.6 Å². The molecule has 0 atom stereocenters. The van der Waals surface area contributed by atoms with Gasteiger partial charge in [-0.3, -0.25) is 9.69 Å². The van der Waals surface area contributed by atoms with Gasteiger partial charge in [0.05, 0.1) is 5.54 Å². The number of hydrogen-bond acceptors (Lipinski definition) is 3. The molecule has 1 heterocycles. The van der Waals surface area contributed by atoms with Gasteiger partial charge >= 0.3 is 0 Å². The van der Waals surface area contributed by atoms with Crippen LogP contribution in [-0.2, 0) is 17.8 Å². The van der Waals surface area contributed by atoms with Crippen LogP contribution in [0, 0.1) is 0 Å². The molecule has 0 bridgehead atoms. The van der Waals surface area contributed by atoms with Gasteiger partial charge in [-0.05, 0) is 36.8 Å². The first-order valence-corrected chi connectivity index (χ1v) is 7.54. The number of amides is 1. The molecule has 1 amide bonds. The van der Waals surface area contributed by atoms with Crippen molar-refractivity contribution in [3.8, 4) is 0 Å². The Hall–Kier alpha value is -0.810. The second kappa shape index (κ2) is 8.16. The zero-order valence-electron chi connectivity index (χ0n) is 12.7. The molecule has 2 aliphatic rings. The maximum atomic E-state index is 11.7. The smallest absolute Gasteiger partial charge is 0.240 e. The van der Waals surface area contributed by atoms with E-state index in [1.54, 1.807) is 0 Å². The molecule has 0 unspecified atom stereocenters. The van der Waals surface area contributed by atoms with Gasteiger partial charge in [0, 0.05) is 26.2 Å². The summed E-state index contributed by atoms with van der Waals surface area (Å²) in [5, 5.41) is 2.95. The van der Waals surface area contributed by atoms with Crippen LogP contribution in [0.1, 0.15) is 30.4 Å². The van der Waals surface area contributed by atoms with Gasteiger partial charge in [-0.1, -0.05) is 24.3 Å². The predicted molar refractivity (Wildman–Crippen MR) is 93.7 cm³/mol. The van der Waals surface area contributed by atoms with E-state index in [0.29, 0.717) is 0 Å². The Morgan fingerprint density at radius 3 is 2.59 bits per heavy atom. The number of hydrogen-bond donors (Lipinski definition) is 2. The fourth-order valence-electron chi connectivity index (χ4n) is 2.79. The predicted octanol–water partition coefficient (Wildman–Crippen LogP) is 1.89. The van der Waals surface area contributed by atoms with Crippen molar-refractivity contribution in [3.05, 3.63) is 35.4 Å². The number of fused-ring (bicyclic) bond motifs is 1. The van der Waals surface area contributed by atoms with Crippen molar-refractivity contribution in [3.63, 3.8) is 0 Å². The highest BCUT2D eigenvalue weighted by atomic mass is 35.5. The summed E-state index contributed by atoms with van der Waals surface area (Å²) >= 11 is 0. The van der Waals surface area contributed by atoms with Gasteiger partial charge in [0.25, 0.3) is 0 Å². The van der Waals surface area contributed by atoms with E-state index in [-0.39, 0.29) is 30.7 Å². The topological polar surface area (TPSA) is 58.4 Å². The Morgan fingerprint density at radius 1 is 1.23 bits per heavy atom. The molecule has 1 saturated carbocycles. The quantitative estimate of drug-likeness (QED) is 0.801. The average molecular weight is 346 g/mol. The normalized spacial score (nSPS) is 18.4. The number of nitrogens with two attached hydrogens (primary N) is 1. The zero-order chi connectivity index (χ0) is 14.0. The number of benzene rings is 1. The number of carbonyl (C=O) groups excluding carboxylic acids is 1. The van der Waals surface area contributed by atoms with Crippen LogP contribution < -0.4 is 11.1 Å². The minimum atomic E-state index is -0.538. The van der Waals surface area contributed by atoms with Crippen LogP contribution in [0.2, 0.25) is 0 Å². The molecule has 6 heteroatoms. The largest absolute Gasteiger partial charge is 0.354 e. The first kappa shape index (κ1) is 19.2. The Labute approximate surface area is 144 Å². The lowest BCUT2D eigenvalue weighted by molar-refractivity contribution is -0.123. The first-order valence-electron chi connectivity index (χ1n) is 7.54. The number of nitrogens with zero attached hydrogens (tertiary/aromatic N) is 1. The van der Waals surface area contributed by atoms with E-state index >= 15 is 0 Å². The Kier molecular flexibility index (Phi) is 7.13. The van der Waals surface area contributed by atoms with Gasteiger partial charge in [0.15, 0.2) is 0 Å². The highest BCUT2D eigenvalue weighted by Gasteiger charge is 2.45. The first-order chi connectivity index (χ1) is 9.67. The molecule has 1 aliphatic heterocycles. The highest BCUT2D eigenvalue weighted by Crippen LogP contribution is 2.31. The van der Waals surface area contributed by atoms with E-state index in [1.807, 2.05) is 0 Å². The van der Waals surface area contributed by atoms with Gasteiger partial charge in [-0.25, -0.2) is 0 Å². The summed E-state index contributed by atoms with van der Waals surface area (Å²) in [6.07, 6.45) is 3.79. The Bertz CT molecular complexity index is 506. The van der Waals surface area contributed by atoms with Crippen LogP contribution in [0.3, 0.4) is 0 Å². The molecule has 0 aromatic heterocycles. The molecule has 22 heavy (non-hydrogen) atoms. The van der Waals surface area contributed by atoms with E-state index in [9.17, 15) is 4.79 Å². The van der Waals surface area contributed by atoms with E-state index in [0.717, 1.165) is 51.9 Å². The molecule has 0 spiro atoms. The van der Waals surface area contributed by atoms with Crippen molar-refractivity contribution in [1.82, 2.24) is 10.2 Å². The van der Waals surface area contributed by atoms with E-state index in [4.69, 9.17) is 5.73 Å². The van der Waals surface area contributed by atoms with Crippen LogP contribution in [0.5, 0.6) is 0 Å². The standard InChI is InChI=1S/C16H23N3O.2ClH/c17-16(7-8-16)15(20)18-9-3-10-19-11-6-13-4-1-2-5-14(13)12-19;;/h1-2,4-5H,3,6-12,17H2,(H,18,20);2*1H. The third-order valence-electron chi connectivity index (χ3n) is 4.39. The number of nitrogens with one attached hydrogen (secondary N) is 1. The summed E-state index contributed by atoms with van der Waals surface area (Å²) in [5.74, 6) is 0.0292. The van der Waals surface area contributed by atoms with Crippen molar-refractivity contribution in [1.29, 1.82) is 0 Å². The minimum Gasteiger partial charge on any atom is -0.354 e. The lowest BCUT2D eigenvalue weighted by atomic mass is 10.00. The molecular formula is C16H25Cl2N3O. The molecule has 0 saturated heterocycles. The van der Waals surface area contributed by atoms with Crippen molar-refractivity contribution < 1.29 is 4.79 Å². The van der Waals surface area contributed by atoms with Gasteiger partial charge in [-0.15, -0.1) is 24.8 Å². The van der Waals surface area contributed by atoms with Gasteiger partial charge in [-0.2, -0.15) is 0 Å². The van der Waals surface area contributed by atoms with Gasteiger partial charge in [0.1, 0.15) is 0 Å². The van der Waals surface area contributed by atoms with Crippen LogP contribution in [-0.4, -0.2) is 36.0 Å². The lowest BCUT2D eigenvalue weighted by Gasteiger charge is -2.28. The maximum absolute atomic E-state index is 11.7. The molecule has 1 aromatic carbocycles. The SMILES string of the molecule is Cl.Cl.NC1(C(=O)NCCCN2CCc3ccccc3C2)CC1. The van der Waals surface area contributed by atoms with Crippen molar-refractivity contribution >= 4 is 30.7 Å². The summed E-state index contributed by atoms with van der Waals surface area (Å²) < 4.78 is 0. The fourth-order valence-corrected chi connectivity index (χ4v) is 2.79. The number of carbonyl (C=O) groups is 1. The third-order valence-corrected chi connectivity index (χ3v) is 4.39. The monoisotopic (exact) mass is 345 g/mol. The molecule has 1 aliphatic carbocycles. The third kappa shape index (κ3) is 4.59. The van der Waals surface area contributed by atoms with Gasteiger partial charge < -0.3 is 11.1 Å². The Morgan fingerprint density at radius 2 is 1.91 bits per heavy atom. The lowest BCUT2D eigenvalue weighted by Crippen LogP contribution is -2.43. The molecule has 4 nitrogen and oxygen atoms in total. The van der Waals surface area contributed by atoms with E-state index in [1.165, 1.54) is 11.1 Å². The van der Waals surface area contributed by atoms with Crippen molar-refractivity contribution in [2.24, 2.45) is 5.73 Å².